The van der Waals surface area contributed by atoms with E-state index in [0.717, 1.165) is 5.56 Å². The second-order valence-corrected chi connectivity index (χ2v) is 6.62. The van der Waals surface area contributed by atoms with Crippen molar-refractivity contribution in [2.75, 3.05) is 6.61 Å². The first-order valence-corrected chi connectivity index (χ1v) is 8.98. The summed E-state index contributed by atoms with van der Waals surface area (Å²) < 4.78 is 11.5. The number of halogens is 2. The van der Waals surface area contributed by atoms with Gasteiger partial charge in [-0.25, -0.2) is 0 Å². The Bertz CT molecular complexity index is 812. The normalized spacial score (nSPS) is 16.2. The van der Waals surface area contributed by atoms with Crippen LogP contribution in [0.25, 0.3) is 0 Å². The van der Waals surface area contributed by atoms with Gasteiger partial charge >= 0.3 is 0 Å². The predicted molar refractivity (Wildman–Crippen MR) is 102 cm³/mol. The number of rotatable bonds is 6. The highest BCUT2D eigenvalue weighted by Crippen LogP contribution is 2.28. The third-order valence-electron chi connectivity index (χ3n) is 3.81. The molecule has 0 spiro atoms. The molecule has 0 aromatic heterocycles. The Kier molecular flexibility index (Phi) is 6.01. The topological polar surface area (TPSA) is 51.1 Å². The summed E-state index contributed by atoms with van der Waals surface area (Å²) in [4.78, 5) is 11.8. The average Bonchev–Trinajstić information content (AvgIpc) is 3.05. The van der Waals surface area contributed by atoms with Crippen LogP contribution in [0, 0.1) is 0 Å². The van der Waals surface area contributed by atoms with Crippen LogP contribution in [-0.2, 0) is 9.53 Å². The van der Waals surface area contributed by atoms with E-state index in [-0.39, 0.29) is 5.91 Å². The van der Waals surface area contributed by atoms with Gasteiger partial charge in [0.2, 0.25) is 11.8 Å². The Morgan fingerprint density at radius 1 is 1.23 bits per heavy atom. The van der Waals surface area contributed by atoms with Crippen LogP contribution in [0.3, 0.4) is 0 Å². The molecule has 0 unspecified atom stereocenters. The van der Waals surface area contributed by atoms with Crippen LogP contribution in [0.4, 0.5) is 0 Å². The number of nitrogens with zero attached hydrogens (tertiary/aromatic N) is 2. The zero-order valence-electron chi connectivity index (χ0n) is 14.2. The highest BCUT2D eigenvalue weighted by molar-refractivity contribution is 6.35. The molecular formula is C19H18Cl2N2O3. The van der Waals surface area contributed by atoms with Crippen molar-refractivity contribution in [2.24, 2.45) is 5.10 Å². The molecule has 0 N–H and O–H groups in total. The van der Waals surface area contributed by atoms with E-state index in [1.807, 2.05) is 30.3 Å². The molecule has 7 heteroatoms. The SMILES string of the molecule is CC(=O)N1N=C(c2ccccc2)O[C@@H]1CCCOc1ccc(Cl)cc1Cl. The maximum atomic E-state index is 11.8. The Labute approximate surface area is 162 Å². The van der Waals surface area contributed by atoms with Crippen molar-refractivity contribution in [3.63, 3.8) is 0 Å². The summed E-state index contributed by atoms with van der Waals surface area (Å²) in [5, 5.41) is 6.70. The molecule has 0 saturated carbocycles. The third-order valence-corrected chi connectivity index (χ3v) is 4.34. The molecule has 1 aliphatic rings. The number of amides is 1. The molecule has 1 aliphatic heterocycles. The van der Waals surface area contributed by atoms with Gasteiger partial charge in [-0.05, 0) is 36.8 Å². The zero-order chi connectivity index (χ0) is 18.5. The zero-order valence-corrected chi connectivity index (χ0v) is 15.7. The standard InChI is InChI=1S/C19H18Cl2N2O3/c1-13(24)23-18(26-19(22-23)14-6-3-2-4-7-14)8-5-11-25-17-10-9-15(20)12-16(17)21/h2-4,6-7,9-10,12,18H,5,8,11H2,1H3/t18-/m1/s1. The van der Waals surface area contributed by atoms with Crippen molar-refractivity contribution >= 4 is 35.0 Å². The number of hydrogen-bond donors (Lipinski definition) is 0. The van der Waals surface area contributed by atoms with Gasteiger partial charge in [-0.15, -0.1) is 5.10 Å². The van der Waals surface area contributed by atoms with E-state index in [1.165, 1.54) is 11.9 Å². The Morgan fingerprint density at radius 3 is 2.69 bits per heavy atom. The quantitative estimate of drug-likeness (QED) is 0.668. The summed E-state index contributed by atoms with van der Waals surface area (Å²) in [6.45, 7) is 1.91. The predicted octanol–water partition coefficient (Wildman–Crippen LogP) is 4.72. The van der Waals surface area contributed by atoms with Crippen LogP contribution >= 0.6 is 23.2 Å². The van der Waals surface area contributed by atoms with Gasteiger partial charge in [-0.2, -0.15) is 5.01 Å². The molecule has 0 saturated heterocycles. The van der Waals surface area contributed by atoms with Gasteiger partial charge in [0.1, 0.15) is 5.75 Å². The van der Waals surface area contributed by atoms with Crippen molar-refractivity contribution in [1.29, 1.82) is 0 Å². The molecule has 136 valence electrons. The van der Waals surface area contributed by atoms with Gasteiger partial charge in [0.05, 0.1) is 11.6 Å². The molecule has 1 heterocycles. The van der Waals surface area contributed by atoms with Gasteiger partial charge in [0.15, 0.2) is 6.23 Å². The molecule has 0 bridgehead atoms. The van der Waals surface area contributed by atoms with Crippen molar-refractivity contribution in [3.8, 4) is 5.75 Å². The van der Waals surface area contributed by atoms with Gasteiger partial charge in [-0.3, -0.25) is 4.79 Å². The fourth-order valence-corrected chi connectivity index (χ4v) is 3.02. The number of carbonyl (C=O) groups is 1. The number of ether oxygens (including phenoxy) is 2. The number of benzene rings is 2. The maximum absolute atomic E-state index is 11.8. The Hall–Kier alpha value is -2.24. The molecule has 5 nitrogen and oxygen atoms in total. The van der Waals surface area contributed by atoms with E-state index in [4.69, 9.17) is 32.7 Å². The lowest BCUT2D eigenvalue weighted by Gasteiger charge is -2.19. The number of hydrazone groups is 1. The average molecular weight is 393 g/mol. The lowest BCUT2D eigenvalue weighted by molar-refractivity contribution is -0.135. The van der Waals surface area contributed by atoms with Crippen molar-refractivity contribution < 1.29 is 14.3 Å². The minimum atomic E-state index is -0.438. The van der Waals surface area contributed by atoms with Crippen LogP contribution in [0.5, 0.6) is 5.75 Å². The summed E-state index contributed by atoms with van der Waals surface area (Å²) in [7, 11) is 0. The molecule has 1 amide bonds. The molecule has 26 heavy (non-hydrogen) atoms. The van der Waals surface area contributed by atoms with Crippen LogP contribution in [0.2, 0.25) is 10.0 Å². The Morgan fingerprint density at radius 2 is 2.00 bits per heavy atom. The van der Waals surface area contributed by atoms with Crippen molar-refractivity contribution in [1.82, 2.24) is 5.01 Å². The van der Waals surface area contributed by atoms with E-state index in [1.54, 1.807) is 18.2 Å². The summed E-state index contributed by atoms with van der Waals surface area (Å²) in [6.07, 6.45) is 0.822. The van der Waals surface area contributed by atoms with Crippen LogP contribution in [0.15, 0.2) is 53.6 Å². The fraction of sp³-hybridized carbons (Fsp3) is 0.263. The Balaban J connectivity index is 1.55. The van der Waals surface area contributed by atoms with Gasteiger partial charge in [0, 0.05) is 23.9 Å². The van der Waals surface area contributed by atoms with E-state index in [2.05, 4.69) is 5.10 Å². The lowest BCUT2D eigenvalue weighted by Crippen LogP contribution is -2.32. The molecule has 0 radical (unpaired) electrons. The first kappa shape index (κ1) is 18.5. The number of carbonyl (C=O) groups excluding carboxylic acids is 1. The van der Waals surface area contributed by atoms with E-state index in [0.29, 0.717) is 41.1 Å². The van der Waals surface area contributed by atoms with Gasteiger partial charge in [-0.1, -0.05) is 41.4 Å². The molecule has 0 aliphatic carbocycles. The summed E-state index contributed by atoms with van der Waals surface area (Å²) >= 11 is 11.9. The maximum Gasteiger partial charge on any atom is 0.242 e. The molecule has 3 rings (SSSR count). The van der Waals surface area contributed by atoms with Gasteiger partial charge in [0.25, 0.3) is 0 Å². The minimum Gasteiger partial charge on any atom is -0.492 e. The first-order valence-electron chi connectivity index (χ1n) is 8.23. The fourth-order valence-electron chi connectivity index (χ4n) is 2.56. The molecule has 1 atom stereocenters. The second kappa shape index (κ2) is 8.43. The largest absolute Gasteiger partial charge is 0.492 e. The minimum absolute atomic E-state index is 0.164. The highest BCUT2D eigenvalue weighted by atomic mass is 35.5. The summed E-state index contributed by atoms with van der Waals surface area (Å²) in [6, 6.07) is 14.6. The monoisotopic (exact) mass is 392 g/mol. The smallest absolute Gasteiger partial charge is 0.242 e. The van der Waals surface area contributed by atoms with Crippen molar-refractivity contribution in [3.05, 3.63) is 64.1 Å². The second-order valence-electron chi connectivity index (χ2n) is 5.77. The summed E-state index contributed by atoms with van der Waals surface area (Å²) in [5.74, 6) is 0.864. The number of hydrogen-bond acceptors (Lipinski definition) is 4. The van der Waals surface area contributed by atoms with Gasteiger partial charge < -0.3 is 9.47 Å². The van der Waals surface area contributed by atoms with Crippen molar-refractivity contribution in [2.45, 2.75) is 26.0 Å². The highest BCUT2D eigenvalue weighted by Gasteiger charge is 2.31. The van der Waals surface area contributed by atoms with E-state index in [9.17, 15) is 4.79 Å². The van der Waals surface area contributed by atoms with Crippen LogP contribution in [0.1, 0.15) is 25.3 Å². The van der Waals surface area contributed by atoms with E-state index < -0.39 is 6.23 Å². The molecule has 2 aromatic rings. The lowest BCUT2D eigenvalue weighted by atomic mass is 10.2. The first-order chi connectivity index (χ1) is 12.5. The van der Waals surface area contributed by atoms with E-state index >= 15 is 0 Å². The third kappa shape index (κ3) is 4.48. The van der Waals surface area contributed by atoms with Crippen LogP contribution < -0.4 is 4.74 Å². The molecule has 2 aromatic carbocycles. The molecule has 0 fully saturated rings. The van der Waals surface area contributed by atoms with Crippen LogP contribution in [-0.4, -0.2) is 29.6 Å². The molecular weight excluding hydrogens is 375 g/mol. The summed E-state index contributed by atoms with van der Waals surface area (Å²) in [5.41, 5.74) is 0.838.